The van der Waals surface area contributed by atoms with Crippen LogP contribution in [-0.2, 0) is 6.42 Å². The van der Waals surface area contributed by atoms with Crippen molar-refractivity contribution in [2.24, 2.45) is 0 Å². The van der Waals surface area contributed by atoms with E-state index in [-0.39, 0.29) is 0 Å². The van der Waals surface area contributed by atoms with E-state index >= 15 is 0 Å². The monoisotopic (exact) mass is 224 g/mol. The first kappa shape index (κ1) is 12.6. The van der Waals surface area contributed by atoms with Gasteiger partial charge in [0.15, 0.2) is 0 Å². The van der Waals surface area contributed by atoms with Gasteiger partial charge in [0.1, 0.15) is 0 Å². The summed E-state index contributed by atoms with van der Waals surface area (Å²) >= 11 is 6.21. The molecule has 15 heavy (non-hydrogen) atoms. The van der Waals surface area contributed by atoms with Gasteiger partial charge in [0, 0.05) is 5.38 Å². The molecular weight excluding hydrogens is 204 g/mol. The van der Waals surface area contributed by atoms with Gasteiger partial charge in [-0.3, -0.25) is 0 Å². The van der Waals surface area contributed by atoms with Crippen LogP contribution in [0.25, 0.3) is 0 Å². The van der Waals surface area contributed by atoms with Crippen LogP contribution in [-0.4, -0.2) is 5.38 Å². The molecule has 0 aliphatic carbocycles. The Bertz CT molecular complexity index is 284. The summed E-state index contributed by atoms with van der Waals surface area (Å²) in [7, 11) is 0. The molecule has 0 amide bonds. The molecule has 0 fully saturated rings. The molecule has 0 bridgehead atoms. The second-order valence-electron chi connectivity index (χ2n) is 4.42. The smallest absolute Gasteiger partial charge is 0.0339 e. The lowest BCUT2D eigenvalue weighted by atomic mass is 10.0. The number of alkyl halides is 1. The Labute approximate surface area is 98.7 Å². The van der Waals surface area contributed by atoms with Crippen LogP contribution in [0.5, 0.6) is 0 Å². The van der Waals surface area contributed by atoms with E-state index in [1.54, 1.807) is 0 Å². The largest absolute Gasteiger partial charge is 0.123 e. The van der Waals surface area contributed by atoms with Gasteiger partial charge in [-0.2, -0.15) is 0 Å². The fourth-order valence-electron chi connectivity index (χ4n) is 1.99. The van der Waals surface area contributed by atoms with Crippen molar-refractivity contribution >= 4 is 11.6 Å². The Hall–Kier alpha value is -0.490. The molecule has 0 heterocycles. The number of hydrogen-bond donors (Lipinski definition) is 0. The first-order valence-electron chi connectivity index (χ1n) is 5.83. The van der Waals surface area contributed by atoms with Crippen molar-refractivity contribution in [3.8, 4) is 0 Å². The molecule has 1 atom stereocenters. The molecule has 1 unspecified atom stereocenters. The molecule has 1 aromatic carbocycles. The van der Waals surface area contributed by atoms with Crippen LogP contribution in [0.3, 0.4) is 0 Å². The molecule has 0 spiro atoms. The van der Waals surface area contributed by atoms with E-state index in [4.69, 9.17) is 11.6 Å². The minimum Gasteiger partial charge on any atom is -0.123 e. The second-order valence-corrected chi connectivity index (χ2v) is 5.04. The molecule has 0 nitrogen and oxygen atoms in total. The van der Waals surface area contributed by atoms with Crippen LogP contribution in [0.2, 0.25) is 0 Å². The zero-order valence-corrected chi connectivity index (χ0v) is 10.8. The molecule has 1 heteroatoms. The molecule has 0 aliphatic heterocycles. The maximum Gasteiger partial charge on any atom is 0.0339 e. The summed E-state index contributed by atoms with van der Waals surface area (Å²) in [5, 5.41) is 0.343. The number of rotatable bonds is 5. The van der Waals surface area contributed by atoms with Gasteiger partial charge < -0.3 is 0 Å². The number of hydrogen-bond acceptors (Lipinski definition) is 0. The summed E-state index contributed by atoms with van der Waals surface area (Å²) in [6.45, 7) is 6.49. The summed E-state index contributed by atoms with van der Waals surface area (Å²) in [5.41, 5.74) is 4.13. The number of halogens is 1. The number of benzene rings is 1. The predicted octanol–water partition coefficient (Wildman–Crippen LogP) is 4.64. The van der Waals surface area contributed by atoms with E-state index in [9.17, 15) is 0 Å². The van der Waals surface area contributed by atoms with Crippen molar-refractivity contribution in [3.63, 3.8) is 0 Å². The van der Waals surface area contributed by atoms with Gasteiger partial charge in [0.05, 0.1) is 0 Å². The summed E-state index contributed by atoms with van der Waals surface area (Å²) in [5.74, 6) is 0. The van der Waals surface area contributed by atoms with Gasteiger partial charge in [-0.1, -0.05) is 42.7 Å². The van der Waals surface area contributed by atoms with Gasteiger partial charge in [0.2, 0.25) is 0 Å². The predicted molar refractivity (Wildman–Crippen MR) is 68.8 cm³/mol. The quantitative estimate of drug-likeness (QED) is 0.639. The summed E-state index contributed by atoms with van der Waals surface area (Å²) in [6.07, 6.45) is 4.52. The lowest BCUT2D eigenvalue weighted by molar-refractivity contribution is 0.675. The van der Waals surface area contributed by atoms with E-state index in [0.717, 1.165) is 19.3 Å². The van der Waals surface area contributed by atoms with Gasteiger partial charge in [0.25, 0.3) is 0 Å². The highest BCUT2D eigenvalue weighted by Crippen LogP contribution is 2.16. The molecule has 1 aromatic rings. The van der Waals surface area contributed by atoms with Crippen LogP contribution in [0.4, 0.5) is 0 Å². The normalized spacial score (nSPS) is 12.8. The molecule has 0 saturated heterocycles. The first-order chi connectivity index (χ1) is 7.11. The molecule has 0 aromatic heterocycles. The topological polar surface area (TPSA) is 0 Å². The first-order valence-corrected chi connectivity index (χ1v) is 6.26. The van der Waals surface area contributed by atoms with Crippen LogP contribution < -0.4 is 0 Å². The third kappa shape index (κ3) is 4.70. The fourth-order valence-corrected chi connectivity index (χ4v) is 2.32. The molecule has 0 radical (unpaired) electrons. The van der Waals surface area contributed by atoms with Crippen molar-refractivity contribution in [2.75, 3.05) is 0 Å². The van der Waals surface area contributed by atoms with Crippen molar-refractivity contribution in [1.82, 2.24) is 0 Å². The Morgan fingerprint density at radius 3 is 2.20 bits per heavy atom. The van der Waals surface area contributed by atoms with Gasteiger partial charge in [-0.05, 0) is 38.7 Å². The van der Waals surface area contributed by atoms with Crippen molar-refractivity contribution < 1.29 is 0 Å². The summed E-state index contributed by atoms with van der Waals surface area (Å²) in [6, 6.07) is 6.75. The van der Waals surface area contributed by atoms with Crippen molar-refractivity contribution in [3.05, 3.63) is 34.9 Å². The van der Waals surface area contributed by atoms with E-state index < -0.39 is 0 Å². The van der Waals surface area contributed by atoms with E-state index in [2.05, 4.69) is 39.0 Å². The molecule has 0 aliphatic rings. The Kier molecular flexibility index (Phi) is 5.17. The Balaban J connectivity index is 2.50. The van der Waals surface area contributed by atoms with Gasteiger partial charge in [-0.15, -0.1) is 11.6 Å². The van der Waals surface area contributed by atoms with Crippen LogP contribution in [0, 0.1) is 13.8 Å². The summed E-state index contributed by atoms with van der Waals surface area (Å²) < 4.78 is 0. The standard InChI is InChI=1S/C14H21Cl/c1-4-5-14(15)7-6-13-9-11(2)8-12(3)10-13/h8-10,14H,4-7H2,1-3H3. The lowest BCUT2D eigenvalue weighted by Crippen LogP contribution is -2.00. The minimum atomic E-state index is 0.343. The highest BCUT2D eigenvalue weighted by molar-refractivity contribution is 6.20. The van der Waals surface area contributed by atoms with Crippen molar-refractivity contribution in [2.45, 2.75) is 51.8 Å². The lowest BCUT2D eigenvalue weighted by Gasteiger charge is -2.09. The SMILES string of the molecule is CCCC(Cl)CCc1cc(C)cc(C)c1. The third-order valence-electron chi connectivity index (χ3n) is 2.63. The maximum atomic E-state index is 6.21. The summed E-state index contributed by atoms with van der Waals surface area (Å²) in [4.78, 5) is 0. The second kappa shape index (κ2) is 6.17. The van der Waals surface area contributed by atoms with E-state index in [1.807, 2.05) is 0 Å². The fraction of sp³-hybridized carbons (Fsp3) is 0.571. The van der Waals surface area contributed by atoms with E-state index in [1.165, 1.54) is 23.1 Å². The highest BCUT2D eigenvalue weighted by atomic mass is 35.5. The van der Waals surface area contributed by atoms with Crippen LogP contribution >= 0.6 is 11.6 Å². The number of aryl methyl sites for hydroxylation is 3. The Morgan fingerprint density at radius 1 is 1.07 bits per heavy atom. The average molecular weight is 225 g/mol. The molecule has 0 saturated carbocycles. The molecule has 84 valence electrons. The zero-order valence-electron chi connectivity index (χ0n) is 10.0. The minimum absolute atomic E-state index is 0.343. The highest BCUT2D eigenvalue weighted by Gasteiger charge is 2.04. The van der Waals surface area contributed by atoms with Crippen LogP contribution in [0.15, 0.2) is 18.2 Å². The Morgan fingerprint density at radius 2 is 1.67 bits per heavy atom. The van der Waals surface area contributed by atoms with Gasteiger partial charge in [-0.25, -0.2) is 0 Å². The zero-order chi connectivity index (χ0) is 11.3. The molecule has 1 rings (SSSR count). The van der Waals surface area contributed by atoms with Crippen LogP contribution in [0.1, 0.15) is 42.9 Å². The van der Waals surface area contributed by atoms with Gasteiger partial charge >= 0.3 is 0 Å². The maximum absolute atomic E-state index is 6.21. The average Bonchev–Trinajstić information content (AvgIpc) is 2.14. The third-order valence-corrected chi connectivity index (χ3v) is 3.07. The molecular formula is C14H21Cl. The molecule has 0 N–H and O–H groups in total. The van der Waals surface area contributed by atoms with Crippen molar-refractivity contribution in [1.29, 1.82) is 0 Å². The van der Waals surface area contributed by atoms with E-state index in [0.29, 0.717) is 5.38 Å².